The number of unbranched alkanes of at least 4 members (excludes halogenated alkanes) is 5. The predicted molar refractivity (Wildman–Crippen MR) is 47.4 cm³/mol. The van der Waals surface area contributed by atoms with E-state index in [2.05, 4.69) is 6.92 Å². The van der Waals surface area contributed by atoms with Crippen molar-refractivity contribution in [1.82, 2.24) is 0 Å². The van der Waals surface area contributed by atoms with Gasteiger partial charge in [-0.25, -0.2) is 0 Å². The first kappa shape index (κ1) is 11.3. The van der Waals surface area contributed by atoms with Crippen molar-refractivity contribution in [2.75, 3.05) is 6.16 Å². The number of halogens is 2. The Kier molecular flexibility index (Phi) is 8.61. The Bertz CT molecular complexity index is 76.5. The molecule has 0 aliphatic carbocycles. The van der Waals surface area contributed by atoms with E-state index in [-0.39, 0.29) is 6.16 Å². The molecule has 11 heavy (non-hydrogen) atoms. The van der Waals surface area contributed by atoms with E-state index < -0.39 is 8.54 Å². The standard InChI is InChI=1S/C8H17F2P/c1-2-3-4-5-6-7-8-11(9)10/h2-8H2,1H3. The van der Waals surface area contributed by atoms with Crippen LogP contribution in [0.4, 0.5) is 8.39 Å². The lowest BCUT2D eigenvalue weighted by atomic mass is 10.1. The molecule has 0 rings (SSSR count). The van der Waals surface area contributed by atoms with E-state index in [1.807, 2.05) is 0 Å². The van der Waals surface area contributed by atoms with Crippen LogP contribution in [-0.2, 0) is 0 Å². The Balaban J connectivity index is 2.80. The monoisotopic (exact) mass is 182 g/mol. The predicted octanol–water partition coefficient (Wildman–Crippen LogP) is 4.60. The summed E-state index contributed by atoms with van der Waals surface area (Å²) >= 11 is 0. The fraction of sp³-hybridized carbons (Fsp3) is 1.00. The van der Waals surface area contributed by atoms with Crippen molar-refractivity contribution in [3.05, 3.63) is 0 Å². The van der Waals surface area contributed by atoms with E-state index in [9.17, 15) is 8.39 Å². The lowest BCUT2D eigenvalue weighted by molar-refractivity contribution is 0.618. The normalized spacial score (nSPS) is 10.9. The molecule has 0 radical (unpaired) electrons. The van der Waals surface area contributed by atoms with E-state index in [0.29, 0.717) is 0 Å². The second kappa shape index (κ2) is 8.39. The van der Waals surface area contributed by atoms with Crippen LogP contribution in [0.25, 0.3) is 0 Å². The van der Waals surface area contributed by atoms with Gasteiger partial charge in [0.15, 0.2) is 0 Å². The SMILES string of the molecule is CCCCCCCCP(F)F. The van der Waals surface area contributed by atoms with Crippen LogP contribution in [0.1, 0.15) is 45.4 Å². The molecule has 0 aromatic heterocycles. The van der Waals surface area contributed by atoms with Gasteiger partial charge >= 0.3 is 0 Å². The summed E-state index contributed by atoms with van der Waals surface area (Å²) in [5.41, 5.74) is 0. The van der Waals surface area contributed by atoms with E-state index in [1.54, 1.807) is 0 Å². The van der Waals surface area contributed by atoms with Crippen LogP contribution in [-0.4, -0.2) is 6.16 Å². The molecule has 0 nitrogen and oxygen atoms in total. The van der Waals surface area contributed by atoms with Crippen LogP contribution in [0.2, 0.25) is 0 Å². The van der Waals surface area contributed by atoms with Gasteiger partial charge in [0.1, 0.15) is 0 Å². The summed E-state index contributed by atoms with van der Waals surface area (Å²) < 4.78 is 23.3. The third-order valence-electron chi connectivity index (χ3n) is 1.68. The van der Waals surface area contributed by atoms with Gasteiger partial charge in [0.05, 0.1) is 0 Å². The molecule has 0 aromatic rings. The molecule has 0 N–H and O–H groups in total. The highest BCUT2D eigenvalue weighted by atomic mass is 31.2. The minimum absolute atomic E-state index is 0.154. The quantitative estimate of drug-likeness (QED) is 0.398. The second-order valence-electron chi connectivity index (χ2n) is 2.79. The Morgan fingerprint density at radius 3 is 2.00 bits per heavy atom. The highest BCUT2D eigenvalue weighted by molar-refractivity contribution is 7.46. The smallest absolute Gasteiger partial charge is 0.189 e. The summed E-state index contributed by atoms with van der Waals surface area (Å²) in [6.45, 7) is 2.16. The van der Waals surface area contributed by atoms with Gasteiger partial charge in [-0.2, -0.15) is 8.39 Å². The van der Waals surface area contributed by atoms with Crippen LogP contribution < -0.4 is 0 Å². The number of hydrogen-bond donors (Lipinski definition) is 0. The summed E-state index contributed by atoms with van der Waals surface area (Å²) in [6, 6.07) is 0. The molecule has 0 atom stereocenters. The molecule has 0 spiro atoms. The maximum Gasteiger partial charge on any atom is 0.266 e. The van der Waals surface area contributed by atoms with Crippen LogP contribution in [0.5, 0.6) is 0 Å². The van der Waals surface area contributed by atoms with Crippen molar-refractivity contribution in [3.8, 4) is 0 Å². The van der Waals surface area contributed by atoms with Crippen molar-refractivity contribution in [1.29, 1.82) is 0 Å². The topological polar surface area (TPSA) is 0 Å². The lowest BCUT2D eigenvalue weighted by Gasteiger charge is -1.98. The number of rotatable bonds is 7. The summed E-state index contributed by atoms with van der Waals surface area (Å²) in [4.78, 5) is 0. The van der Waals surface area contributed by atoms with Crippen molar-refractivity contribution >= 4 is 8.54 Å². The molecule has 0 aromatic carbocycles. The Hall–Kier alpha value is 0.290. The van der Waals surface area contributed by atoms with Gasteiger partial charge in [-0.15, -0.1) is 0 Å². The zero-order valence-electron chi connectivity index (χ0n) is 7.15. The summed E-state index contributed by atoms with van der Waals surface area (Å²) in [5.74, 6) is 0. The third kappa shape index (κ3) is 10.3. The first-order valence-electron chi connectivity index (χ1n) is 4.36. The van der Waals surface area contributed by atoms with Crippen molar-refractivity contribution in [3.63, 3.8) is 0 Å². The van der Waals surface area contributed by atoms with E-state index in [1.165, 1.54) is 19.3 Å². The summed E-state index contributed by atoms with van der Waals surface area (Å²) in [5, 5.41) is 0. The largest absolute Gasteiger partial charge is 0.266 e. The molecular weight excluding hydrogens is 165 g/mol. The molecule has 0 aliphatic rings. The molecule has 0 amide bonds. The third-order valence-corrected chi connectivity index (χ3v) is 2.33. The molecule has 68 valence electrons. The summed E-state index contributed by atoms with van der Waals surface area (Å²) in [6.07, 6.45) is 6.69. The highest BCUT2D eigenvalue weighted by Gasteiger charge is 2.01. The van der Waals surface area contributed by atoms with E-state index in [4.69, 9.17) is 0 Å². The van der Waals surface area contributed by atoms with Crippen LogP contribution in [0.15, 0.2) is 0 Å². The Morgan fingerprint density at radius 1 is 0.909 bits per heavy atom. The van der Waals surface area contributed by atoms with Crippen LogP contribution in [0, 0.1) is 0 Å². The molecular formula is C8H17F2P. The van der Waals surface area contributed by atoms with Crippen molar-refractivity contribution in [2.45, 2.75) is 45.4 Å². The fourth-order valence-corrected chi connectivity index (χ4v) is 1.47. The average Bonchev–Trinajstić information content (AvgIpc) is 1.96. The van der Waals surface area contributed by atoms with Gasteiger partial charge in [-0.3, -0.25) is 0 Å². The molecule has 0 fully saturated rings. The van der Waals surface area contributed by atoms with Gasteiger partial charge in [-0.05, 0) is 6.42 Å². The van der Waals surface area contributed by atoms with Gasteiger partial charge in [-0.1, -0.05) is 39.0 Å². The average molecular weight is 182 g/mol. The van der Waals surface area contributed by atoms with E-state index >= 15 is 0 Å². The van der Waals surface area contributed by atoms with Crippen molar-refractivity contribution < 1.29 is 8.39 Å². The summed E-state index contributed by atoms with van der Waals surface area (Å²) in [7, 11) is -2.62. The zero-order valence-corrected chi connectivity index (χ0v) is 8.05. The van der Waals surface area contributed by atoms with E-state index in [0.717, 1.165) is 19.3 Å². The Labute approximate surface area is 69.4 Å². The molecule has 0 unspecified atom stereocenters. The van der Waals surface area contributed by atoms with Crippen molar-refractivity contribution in [2.24, 2.45) is 0 Å². The second-order valence-corrected chi connectivity index (χ2v) is 3.85. The Morgan fingerprint density at radius 2 is 1.45 bits per heavy atom. The lowest BCUT2D eigenvalue weighted by Crippen LogP contribution is -1.80. The maximum atomic E-state index is 11.7. The molecule has 0 saturated carbocycles. The molecule has 0 aliphatic heterocycles. The first-order chi connectivity index (χ1) is 5.27. The maximum absolute atomic E-state index is 11.7. The van der Waals surface area contributed by atoms with Gasteiger partial charge in [0.25, 0.3) is 8.54 Å². The zero-order chi connectivity index (χ0) is 8.53. The van der Waals surface area contributed by atoms with Gasteiger partial charge < -0.3 is 0 Å². The fourth-order valence-electron chi connectivity index (χ4n) is 1.01. The number of hydrogen-bond acceptors (Lipinski definition) is 0. The minimum Gasteiger partial charge on any atom is -0.189 e. The first-order valence-corrected chi connectivity index (χ1v) is 5.67. The van der Waals surface area contributed by atoms with Gasteiger partial charge in [0.2, 0.25) is 0 Å². The highest BCUT2D eigenvalue weighted by Crippen LogP contribution is 2.39. The molecule has 3 heteroatoms. The van der Waals surface area contributed by atoms with Crippen LogP contribution in [0.3, 0.4) is 0 Å². The van der Waals surface area contributed by atoms with Gasteiger partial charge in [0, 0.05) is 6.16 Å². The molecule has 0 saturated heterocycles. The molecule has 0 heterocycles. The minimum atomic E-state index is -2.62. The molecule has 0 bridgehead atoms. The van der Waals surface area contributed by atoms with Crippen LogP contribution >= 0.6 is 8.54 Å².